The number of anilines is 1. The van der Waals surface area contributed by atoms with Gasteiger partial charge in [0.05, 0.1) is 17.3 Å². The topological polar surface area (TPSA) is 93.8 Å². The molecule has 0 bridgehead atoms. The van der Waals surface area contributed by atoms with Crippen LogP contribution in [0.4, 0.5) is 10.3 Å². The highest BCUT2D eigenvalue weighted by Crippen LogP contribution is 2.32. The molecule has 0 radical (unpaired) electrons. The van der Waals surface area contributed by atoms with Crippen molar-refractivity contribution in [2.45, 2.75) is 12.5 Å². The molecule has 1 aliphatic heterocycles. The van der Waals surface area contributed by atoms with Crippen LogP contribution in [-0.4, -0.2) is 20.9 Å². The Bertz CT molecular complexity index is 961. The molecule has 1 unspecified atom stereocenters. The minimum Gasteiger partial charge on any atom is -0.368 e. The van der Waals surface area contributed by atoms with Gasteiger partial charge < -0.3 is 11.1 Å². The third-order valence-corrected chi connectivity index (χ3v) is 4.20. The number of nitrogens with zero attached hydrogens (tertiary/aromatic N) is 3. The van der Waals surface area contributed by atoms with Crippen molar-refractivity contribution in [2.24, 2.45) is 0 Å². The summed E-state index contributed by atoms with van der Waals surface area (Å²) in [4.78, 5) is 24.5. The van der Waals surface area contributed by atoms with Crippen molar-refractivity contribution in [3.63, 3.8) is 0 Å². The van der Waals surface area contributed by atoms with Crippen LogP contribution >= 0.6 is 0 Å². The van der Waals surface area contributed by atoms with E-state index in [2.05, 4.69) is 20.3 Å². The number of fused-ring (bicyclic) bond motifs is 1. The first-order valence-corrected chi connectivity index (χ1v) is 7.74. The van der Waals surface area contributed by atoms with Gasteiger partial charge in [0.15, 0.2) is 0 Å². The van der Waals surface area contributed by atoms with Crippen LogP contribution in [0.15, 0.2) is 48.9 Å². The fourth-order valence-electron chi connectivity index (χ4n) is 3.05. The van der Waals surface area contributed by atoms with Gasteiger partial charge in [-0.1, -0.05) is 12.1 Å². The molecule has 1 aromatic carbocycles. The highest BCUT2D eigenvalue weighted by molar-refractivity contribution is 5.96. The zero-order valence-electron chi connectivity index (χ0n) is 13.1. The number of halogens is 1. The molecular formula is C18H14FN5O. The van der Waals surface area contributed by atoms with Crippen molar-refractivity contribution in [3.05, 3.63) is 71.6 Å². The third kappa shape index (κ3) is 2.80. The Morgan fingerprint density at radius 3 is 2.88 bits per heavy atom. The summed E-state index contributed by atoms with van der Waals surface area (Å²) in [5, 5.41) is 2.94. The van der Waals surface area contributed by atoms with Crippen LogP contribution in [0, 0.1) is 5.82 Å². The number of nitrogen functional groups attached to an aromatic ring is 1. The average Bonchev–Trinajstić information content (AvgIpc) is 2.62. The number of carbonyl (C=O) groups is 1. The Morgan fingerprint density at radius 1 is 1.20 bits per heavy atom. The van der Waals surface area contributed by atoms with Crippen molar-refractivity contribution < 1.29 is 9.18 Å². The minimum absolute atomic E-state index is 0.124. The number of nitrogens with two attached hydrogens (primary N) is 1. The van der Waals surface area contributed by atoms with E-state index in [0.717, 1.165) is 11.1 Å². The van der Waals surface area contributed by atoms with Gasteiger partial charge in [0.2, 0.25) is 5.95 Å². The molecule has 2 aromatic heterocycles. The summed E-state index contributed by atoms with van der Waals surface area (Å²) < 4.78 is 13.8. The molecule has 6 nitrogen and oxygen atoms in total. The molecule has 3 N–H and O–H groups in total. The van der Waals surface area contributed by atoms with E-state index < -0.39 is 0 Å². The Kier molecular flexibility index (Phi) is 3.61. The zero-order chi connectivity index (χ0) is 17.4. The molecule has 3 aromatic rings. The summed E-state index contributed by atoms with van der Waals surface area (Å²) in [6, 6.07) is 7.80. The van der Waals surface area contributed by atoms with Crippen LogP contribution in [-0.2, 0) is 6.42 Å². The lowest BCUT2D eigenvalue weighted by molar-refractivity contribution is 0.0923. The Morgan fingerprint density at radius 2 is 2.08 bits per heavy atom. The Labute approximate surface area is 143 Å². The lowest BCUT2D eigenvalue weighted by Gasteiger charge is -2.27. The first-order chi connectivity index (χ1) is 12.1. The molecule has 3 heterocycles. The van der Waals surface area contributed by atoms with Crippen molar-refractivity contribution in [3.8, 4) is 11.1 Å². The lowest BCUT2D eigenvalue weighted by atomic mass is 9.90. The summed E-state index contributed by atoms with van der Waals surface area (Å²) >= 11 is 0. The summed E-state index contributed by atoms with van der Waals surface area (Å²) in [5.41, 5.74) is 8.90. The normalized spacial score (nSPS) is 16.2. The molecule has 1 aliphatic rings. The molecule has 0 aliphatic carbocycles. The number of amides is 1. The van der Waals surface area contributed by atoms with E-state index in [1.165, 1.54) is 18.3 Å². The number of pyridine rings is 1. The number of hydrogen-bond donors (Lipinski definition) is 2. The van der Waals surface area contributed by atoms with Crippen molar-refractivity contribution in [1.82, 2.24) is 20.3 Å². The van der Waals surface area contributed by atoms with Crippen molar-refractivity contribution >= 4 is 11.9 Å². The van der Waals surface area contributed by atoms with Gasteiger partial charge in [-0.15, -0.1) is 0 Å². The first kappa shape index (κ1) is 15.2. The number of rotatable bonds is 2. The largest absolute Gasteiger partial charge is 0.368 e. The van der Waals surface area contributed by atoms with Crippen molar-refractivity contribution in [1.29, 1.82) is 0 Å². The Balaban J connectivity index is 1.80. The third-order valence-electron chi connectivity index (χ3n) is 4.20. The number of hydrogen-bond acceptors (Lipinski definition) is 5. The van der Waals surface area contributed by atoms with Crippen LogP contribution in [0.2, 0.25) is 0 Å². The van der Waals surface area contributed by atoms with E-state index in [1.807, 2.05) is 6.07 Å². The number of benzene rings is 1. The van der Waals surface area contributed by atoms with E-state index >= 15 is 0 Å². The maximum Gasteiger partial charge on any atom is 0.255 e. The van der Waals surface area contributed by atoms with E-state index in [-0.39, 0.29) is 23.7 Å². The number of aromatic nitrogens is 3. The molecule has 4 rings (SSSR count). The summed E-state index contributed by atoms with van der Waals surface area (Å²) in [6.45, 7) is 0. The van der Waals surface area contributed by atoms with Crippen LogP contribution in [0.5, 0.6) is 0 Å². The SMILES string of the molecule is Nc1ncc2c(n1)CC(c1ccc(F)cc1-c1cccnc1)NC2=O. The Hall–Kier alpha value is -3.35. The molecular weight excluding hydrogens is 321 g/mol. The van der Waals surface area contributed by atoms with Gasteiger partial charge >= 0.3 is 0 Å². The molecule has 0 spiro atoms. The quantitative estimate of drug-likeness (QED) is 0.749. The van der Waals surface area contributed by atoms with Gasteiger partial charge in [-0.25, -0.2) is 14.4 Å². The maximum absolute atomic E-state index is 13.8. The standard InChI is InChI=1S/C18H14FN5O/c19-11-3-4-12(13(6-11)10-2-1-5-21-8-10)15-7-16-14(17(25)23-15)9-22-18(20)24-16/h1-6,8-9,15H,7H2,(H,23,25)(H2,20,22,24). The van der Waals surface area contributed by atoms with E-state index in [0.29, 0.717) is 23.2 Å². The van der Waals surface area contributed by atoms with Crippen molar-refractivity contribution in [2.75, 3.05) is 5.73 Å². The molecule has 0 fully saturated rings. The monoisotopic (exact) mass is 335 g/mol. The fraction of sp³-hybridized carbons (Fsp3) is 0.111. The molecule has 25 heavy (non-hydrogen) atoms. The predicted octanol–water partition coefficient (Wildman–Crippen LogP) is 2.29. The van der Waals surface area contributed by atoms with Crippen LogP contribution in [0.25, 0.3) is 11.1 Å². The zero-order valence-corrected chi connectivity index (χ0v) is 13.1. The van der Waals surface area contributed by atoms with Crippen LogP contribution in [0.1, 0.15) is 27.7 Å². The summed E-state index contributed by atoms with van der Waals surface area (Å²) in [7, 11) is 0. The molecule has 0 saturated heterocycles. The molecule has 1 amide bonds. The highest BCUT2D eigenvalue weighted by Gasteiger charge is 2.28. The van der Waals surface area contributed by atoms with Crippen LogP contribution < -0.4 is 11.1 Å². The fourth-order valence-corrected chi connectivity index (χ4v) is 3.05. The van der Waals surface area contributed by atoms with Gasteiger partial charge in [0, 0.05) is 30.6 Å². The van der Waals surface area contributed by atoms with Gasteiger partial charge in [-0.3, -0.25) is 9.78 Å². The average molecular weight is 335 g/mol. The molecule has 124 valence electrons. The van der Waals surface area contributed by atoms with Gasteiger partial charge in [-0.2, -0.15) is 0 Å². The molecule has 1 atom stereocenters. The summed E-state index contributed by atoms with van der Waals surface area (Å²) in [5.74, 6) is -0.497. The second-order valence-electron chi connectivity index (χ2n) is 5.79. The van der Waals surface area contributed by atoms with Crippen LogP contribution in [0.3, 0.4) is 0 Å². The predicted molar refractivity (Wildman–Crippen MR) is 90.0 cm³/mol. The summed E-state index contributed by atoms with van der Waals surface area (Å²) in [6.07, 6.45) is 5.19. The highest BCUT2D eigenvalue weighted by atomic mass is 19.1. The maximum atomic E-state index is 13.8. The van der Waals surface area contributed by atoms with E-state index in [9.17, 15) is 9.18 Å². The molecule has 0 saturated carbocycles. The second-order valence-corrected chi connectivity index (χ2v) is 5.79. The van der Waals surface area contributed by atoms with E-state index in [4.69, 9.17) is 5.73 Å². The number of nitrogens with one attached hydrogen (secondary N) is 1. The first-order valence-electron chi connectivity index (χ1n) is 7.74. The van der Waals surface area contributed by atoms with Gasteiger partial charge in [0.25, 0.3) is 5.91 Å². The number of carbonyl (C=O) groups excluding carboxylic acids is 1. The lowest BCUT2D eigenvalue weighted by Crippen LogP contribution is -2.36. The second kappa shape index (κ2) is 5.94. The molecule has 7 heteroatoms. The van der Waals surface area contributed by atoms with E-state index in [1.54, 1.807) is 24.5 Å². The van der Waals surface area contributed by atoms with Gasteiger partial charge in [0.1, 0.15) is 5.82 Å². The minimum atomic E-state index is -0.350. The van der Waals surface area contributed by atoms with Gasteiger partial charge in [-0.05, 0) is 29.3 Å². The smallest absolute Gasteiger partial charge is 0.255 e.